The maximum atomic E-state index is 13.1. The minimum Gasteiger partial charge on any atom is -0.496 e. The van der Waals surface area contributed by atoms with E-state index in [0.29, 0.717) is 22.4 Å². The molecule has 0 N–H and O–H groups in total. The fraction of sp³-hybridized carbons (Fsp3) is 0.0769. The molecule has 0 fully saturated rings. The van der Waals surface area contributed by atoms with Gasteiger partial charge in [-0.25, -0.2) is 4.39 Å². The molecule has 0 radical (unpaired) electrons. The van der Waals surface area contributed by atoms with E-state index in [-0.39, 0.29) is 0 Å². The summed E-state index contributed by atoms with van der Waals surface area (Å²) in [6, 6.07) is 6.33. The first-order valence-corrected chi connectivity index (χ1v) is 4.98. The van der Waals surface area contributed by atoms with Crippen molar-refractivity contribution >= 4 is 6.29 Å². The van der Waals surface area contributed by atoms with E-state index in [2.05, 4.69) is 4.98 Å². The van der Waals surface area contributed by atoms with Gasteiger partial charge in [0.2, 0.25) is 0 Å². The molecule has 0 aliphatic heterocycles. The Morgan fingerprint density at radius 1 is 1.29 bits per heavy atom. The Kier molecular flexibility index (Phi) is 3.14. The van der Waals surface area contributed by atoms with Crippen LogP contribution < -0.4 is 4.74 Å². The first-order valence-electron chi connectivity index (χ1n) is 4.98. The van der Waals surface area contributed by atoms with Crippen LogP contribution in [0, 0.1) is 5.82 Å². The zero-order valence-corrected chi connectivity index (χ0v) is 9.18. The van der Waals surface area contributed by atoms with Crippen LogP contribution in [0.2, 0.25) is 0 Å². The van der Waals surface area contributed by atoms with E-state index in [1.54, 1.807) is 24.4 Å². The molecule has 1 heterocycles. The van der Waals surface area contributed by atoms with Crippen LogP contribution in [0.4, 0.5) is 4.39 Å². The molecule has 86 valence electrons. The van der Waals surface area contributed by atoms with Crippen molar-refractivity contribution in [2.24, 2.45) is 0 Å². The monoisotopic (exact) mass is 231 g/mol. The number of hydrogen-bond acceptors (Lipinski definition) is 3. The number of carbonyl (C=O) groups is 1. The summed E-state index contributed by atoms with van der Waals surface area (Å²) in [5.41, 5.74) is 1.82. The summed E-state index contributed by atoms with van der Waals surface area (Å²) in [4.78, 5) is 14.4. The summed E-state index contributed by atoms with van der Waals surface area (Å²) in [6.07, 6.45) is 3.41. The van der Waals surface area contributed by atoms with Gasteiger partial charge in [0.05, 0.1) is 13.3 Å². The summed E-state index contributed by atoms with van der Waals surface area (Å²) >= 11 is 0. The molecule has 3 nitrogen and oxygen atoms in total. The van der Waals surface area contributed by atoms with Gasteiger partial charge < -0.3 is 4.74 Å². The molecule has 0 aliphatic carbocycles. The number of rotatable bonds is 3. The smallest absolute Gasteiger partial charge is 0.150 e. The lowest BCUT2D eigenvalue weighted by Crippen LogP contribution is -1.91. The molecule has 0 saturated carbocycles. The molecular weight excluding hydrogens is 221 g/mol. The van der Waals surface area contributed by atoms with E-state index < -0.39 is 5.82 Å². The number of carbonyl (C=O) groups excluding carboxylic acids is 1. The summed E-state index contributed by atoms with van der Waals surface area (Å²) in [7, 11) is 1.50. The molecule has 17 heavy (non-hydrogen) atoms. The van der Waals surface area contributed by atoms with E-state index in [9.17, 15) is 9.18 Å². The number of nitrogens with zero attached hydrogens (tertiary/aromatic N) is 1. The number of aromatic nitrogens is 1. The predicted octanol–water partition coefficient (Wildman–Crippen LogP) is 2.71. The molecule has 0 amide bonds. The highest BCUT2D eigenvalue weighted by Crippen LogP contribution is 2.30. The van der Waals surface area contributed by atoms with Gasteiger partial charge in [-0.2, -0.15) is 0 Å². The number of ether oxygens (including phenoxy) is 1. The Labute approximate surface area is 97.9 Å². The Balaban J connectivity index is 2.55. The largest absolute Gasteiger partial charge is 0.496 e. The third-order valence-electron chi connectivity index (χ3n) is 2.38. The summed E-state index contributed by atoms with van der Waals surface area (Å²) in [6.45, 7) is 0. The molecule has 1 aromatic carbocycles. The predicted molar refractivity (Wildman–Crippen MR) is 61.6 cm³/mol. The van der Waals surface area contributed by atoms with Gasteiger partial charge in [0, 0.05) is 22.9 Å². The Hall–Kier alpha value is -2.23. The first kappa shape index (κ1) is 11.3. The fourth-order valence-electron chi connectivity index (χ4n) is 1.58. The average Bonchev–Trinajstić information content (AvgIpc) is 2.38. The van der Waals surface area contributed by atoms with Gasteiger partial charge in [-0.1, -0.05) is 6.07 Å². The summed E-state index contributed by atoms with van der Waals surface area (Å²) < 4.78 is 18.2. The number of methoxy groups -OCH3 is 1. The van der Waals surface area contributed by atoms with Crippen LogP contribution in [-0.2, 0) is 0 Å². The number of hydrogen-bond donors (Lipinski definition) is 0. The van der Waals surface area contributed by atoms with E-state index in [0.717, 1.165) is 12.5 Å². The Morgan fingerprint density at radius 2 is 2.12 bits per heavy atom. The number of benzene rings is 1. The fourth-order valence-corrected chi connectivity index (χ4v) is 1.58. The SMILES string of the molecule is COc1cc(C=O)ccc1-c1cncc(F)c1. The zero-order chi connectivity index (χ0) is 12.3. The van der Waals surface area contributed by atoms with Gasteiger partial charge >= 0.3 is 0 Å². The van der Waals surface area contributed by atoms with Crippen LogP contribution in [0.5, 0.6) is 5.75 Å². The lowest BCUT2D eigenvalue weighted by atomic mass is 10.0. The Morgan fingerprint density at radius 3 is 2.76 bits per heavy atom. The van der Waals surface area contributed by atoms with Crippen molar-refractivity contribution in [3.05, 3.63) is 48.0 Å². The minimum atomic E-state index is -0.413. The highest BCUT2D eigenvalue weighted by molar-refractivity contribution is 5.80. The van der Waals surface area contributed by atoms with Crippen LogP contribution in [0.25, 0.3) is 11.1 Å². The molecule has 4 heteroatoms. The molecule has 0 atom stereocenters. The average molecular weight is 231 g/mol. The minimum absolute atomic E-state index is 0.413. The molecule has 0 bridgehead atoms. The standard InChI is InChI=1S/C13H10FNO2/c1-17-13-4-9(8-16)2-3-12(13)10-5-11(14)7-15-6-10/h2-8H,1H3. The van der Waals surface area contributed by atoms with Crippen LogP contribution in [-0.4, -0.2) is 18.4 Å². The normalized spacial score (nSPS) is 10.0. The third kappa shape index (κ3) is 2.30. The lowest BCUT2D eigenvalue weighted by Gasteiger charge is -2.08. The molecule has 0 spiro atoms. The highest BCUT2D eigenvalue weighted by atomic mass is 19.1. The second-order valence-electron chi connectivity index (χ2n) is 3.47. The van der Waals surface area contributed by atoms with Crippen LogP contribution in [0.3, 0.4) is 0 Å². The van der Waals surface area contributed by atoms with E-state index in [1.165, 1.54) is 13.2 Å². The van der Waals surface area contributed by atoms with E-state index in [1.807, 2.05) is 0 Å². The lowest BCUT2D eigenvalue weighted by molar-refractivity contribution is 0.112. The number of halogens is 1. The van der Waals surface area contributed by atoms with Crippen molar-refractivity contribution in [2.45, 2.75) is 0 Å². The van der Waals surface area contributed by atoms with Gasteiger partial charge in [0.1, 0.15) is 17.9 Å². The van der Waals surface area contributed by atoms with Crippen molar-refractivity contribution in [2.75, 3.05) is 7.11 Å². The van der Waals surface area contributed by atoms with Crippen LogP contribution in [0.1, 0.15) is 10.4 Å². The maximum absolute atomic E-state index is 13.1. The molecule has 0 saturated heterocycles. The third-order valence-corrected chi connectivity index (χ3v) is 2.38. The number of aldehydes is 1. The van der Waals surface area contributed by atoms with Crippen LogP contribution >= 0.6 is 0 Å². The topological polar surface area (TPSA) is 39.2 Å². The van der Waals surface area contributed by atoms with Gasteiger partial charge in [-0.15, -0.1) is 0 Å². The molecule has 2 aromatic rings. The molecule has 0 unspecified atom stereocenters. The zero-order valence-electron chi connectivity index (χ0n) is 9.18. The second kappa shape index (κ2) is 4.74. The van der Waals surface area contributed by atoms with Crippen molar-refractivity contribution in [3.8, 4) is 16.9 Å². The molecule has 0 aliphatic rings. The van der Waals surface area contributed by atoms with Gasteiger partial charge in [-0.3, -0.25) is 9.78 Å². The highest BCUT2D eigenvalue weighted by Gasteiger charge is 2.07. The summed E-state index contributed by atoms with van der Waals surface area (Å²) in [5.74, 6) is 0.103. The van der Waals surface area contributed by atoms with Crippen LogP contribution in [0.15, 0.2) is 36.7 Å². The quantitative estimate of drug-likeness (QED) is 0.762. The maximum Gasteiger partial charge on any atom is 0.150 e. The van der Waals surface area contributed by atoms with Gasteiger partial charge in [0.25, 0.3) is 0 Å². The number of pyridine rings is 1. The Bertz CT molecular complexity index is 555. The van der Waals surface area contributed by atoms with Gasteiger partial charge in [0.15, 0.2) is 0 Å². The molecule has 1 aromatic heterocycles. The van der Waals surface area contributed by atoms with Crippen molar-refractivity contribution in [3.63, 3.8) is 0 Å². The summed E-state index contributed by atoms with van der Waals surface area (Å²) in [5, 5.41) is 0. The molecule has 2 rings (SSSR count). The van der Waals surface area contributed by atoms with Gasteiger partial charge in [-0.05, 0) is 18.2 Å². The van der Waals surface area contributed by atoms with Crippen molar-refractivity contribution in [1.82, 2.24) is 4.98 Å². The van der Waals surface area contributed by atoms with E-state index in [4.69, 9.17) is 4.74 Å². The second-order valence-corrected chi connectivity index (χ2v) is 3.47. The first-order chi connectivity index (χ1) is 8.24. The van der Waals surface area contributed by atoms with E-state index >= 15 is 0 Å². The van der Waals surface area contributed by atoms with Crippen molar-refractivity contribution < 1.29 is 13.9 Å². The van der Waals surface area contributed by atoms with Crippen molar-refractivity contribution in [1.29, 1.82) is 0 Å². The molecular formula is C13H10FNO2.